The molecule has 0 aliphatic carbocycles. The van der Waals surface area contributed by atoms with Crippen molar-refractivity contribution in [2.24, 2.45) is 0 Å². The van der Waals surface area contributed by atoms with Crippen molar-refractivity contribution < 1.29 is 9.53 Å². The van der Waals surface area contributed by atoms with Gasteiger partial charge in [-0.25, -0.2) is 0 Å². The van der Waals surface area contributed by atoms with Crippen molar-refractivity contribution in [3.8, 4) is 5.75 Å². The Balaban J connectivity index is 2.23. The zero-order valence-corrected chi connectivity index (χ0v) is 8.32. The molecule has 0 bridgehead atoms. The van der Waals surface area contributed by atoms with Crippen LogP contribution in [0, 0.1) is 0 Å². The van der Waals surface area contributed by atoms with E-state index in [2.05, 4.69) is 19.1 Å². The lowest BCUT2D eigenvalue weighted by atomic mass is 9.96. The summed E-state index contributed by atoms with van der Waals surface area (Å²) >= 11 is 0. The Morgan fingerprint density at radius 1 is 1.57 bits per heavy atom. The summed E-state index contributed by atoms with van der Waals surface area (Å²) in [5, 5.41) is 0. The minimum absolute atomic E-state index is 0.318. The molecule has 14 heavy (non-hydrogen) atoms. The Morgan fingerprint density at radius 2 is 2.43 bits per heavy atom. The molecule has 0 saturated carbocycles. The Morgan fingerprint density at radius 3 is 3.21 bits per heavy atom. The van der Waals surface area contributed by atoms with Crippen LogP contribution in [0.5, 0.6) is 5.75 Å². The standard InChI is InChI=1S/C12H14O2/c1-9(4-6-13)10-2-3-12-11(8-10)5-7-14-12/h2-3,6,8-9H,4-5,7H2,1H3. The van der Waals surface area contributed by atoms with E-state index in [4.69, 9.17) is 4.74 Å². The summed E-state index contributed by atoms with van der Waals surface area (Å²) in [4.78, 5) is 10.4. The fourth-order valence-corrected chi connectivity index (χ4v) is 1.79. The molecule has 0 radical (unpaired) electrons. The van der Waals surface area contributed by atoms with Crippen molar-refractivity contribution in [1.29, 1.82) is 0 Å². The maximum absolute atomic E-state index is 10.4. The molecular formula is C12H14O2. The highest BCUT2D eigenvalue weighted by Gasteiger charge is 2.14. The largest absolute Gasteiger partial charge is 0.493 e. The van der Waals surface area contributed by atoms with Crippen molar-refractivity contribution in [3.05, 3.63) is 29.3 Å². The molecule has 1 heterocycles. The number of hydrogen-bond donors (Lipinski definition) is 0. The monoisotopic (exact) mass is 190 g/mol. The quantitative estimate of drug-likeness (QED) is 0.684. The third kappa shape index (κ3) is 1.65. The minimum atomic E-state index is 0.318. The lowest BCUT2D eigenvalue weighted by Gasteiger charge is -2.09. The second-order valence-corrected chi connectivity index (χ2v) is 3.77. The molecule has 1 unspecified atom stereocenters. The van der Waals surface area contributed by atoms with E-state index in [1.54, 1.807) is 0 Å². The van der Waals surface area contributed by atoms with Gasteiger partial charge < -0.3 is 9.53 Å². The fraction of sp³-hybridized carbons (Fsp3) is 0.417. The van der Waals surface area contributed by atoms with E-state index in [1.807, 2.05) is 6.07 Å². The van der Waals surface area contributed by atoms with Gasteiger partial charge in [0.25, 0.3) is 0 Å². The van der Waals surface area contributed by atoms with Gasteiger partial charge in [-0.15, -0.1) is 0 Å². The van der Waals surface area contributed by atoms with Crippen LogP contribution in [-0.4, -0.2) is 12.9 Å². The third-order valence-corrected chi connectivity index (χ3v) is 2.73. The summed E-state index contributed by atoms with van der Waals surface area (Å²) in [7, 11) is 0. The topological polar surface area (TPSA) is 26.3 Å². The molecule has 1 aromatic carbocycles. The first-order valence-electron chi connectivity index (χ1n) is 5.00. The molecule has 0 fully saturated rings. The highest BCUT2D eigenvalue weighted by molar-refractivity contribution is 5.52. The minimum Gasteiger partial charge on any atom is -0.493 e. The van der Waals surface area contributed by atoms with E-state index in [-0.39, 0.29) is 0 Å². The highest BCUT2D eigenvalue weighted by Crippen LogP contribution is 2.29. The van der Waals surface area contributed by atoms with Crippen molar-refractivity contribution in [3.63, 3.8) is 0 Å². The normalized spacial score (nSPS) is 15.8. The molecular weight excluding hydrogens is 176 g/mol. The number of hydrogen-bond acceptors (Lipinski definition) is 2. The lowest BCUT2D eigenvalue weighted by molar-refractivity contribution is -0.108. The third-order valence-electron chi connectivity index (χ3n) is 2.73. The average Bonchev–Trinajstić information content (AvgIpc) is 2.64. The second-order valence-electron chi connectivity index (χ2n) is 3.77. The Hall–Kier alpha value is -1.31. The summed E-state index contributed by atoms with van der Waals surface area (Å²) < 4.78 is 5.42. The van der Waals surface area contributed by atoms with Crippen molar-refractivity contribution in [2.75, 3.05) is 6.61 Å². The number of rotatable bonds is 3. The summed E-state index contributed by atoms with van der Waals surface area (Å²) in [6.45, 7) is 2.87. The van der Waals surface area contributed by atoms with Gasteiger partial charge in [0.1, 0.15) is 12.0 Å². The first-order valence-corrected chi connectivity index (χ1v) is 5.00. The van der Waals surface area contributed by atoms with E-state index in [0.29, 0.717) is 12.3 Å². The predicted molar refractivity (Wildman–Crippen MR) is 54.7 cm³/mol. The molecule has 2 nitrogen and oxygen atoms in total. The summed E-state index contributed by atoms with van der Waals surface area (Å²) in [5.41, 5.74) is 2.52. The molecule has 0 amide bonds. The van der Waals surface area contributed by atoms with Crippen LogP contribution in [0.3, 0.4) is 0 Å². The van der Waals surface area contributed by atoms with Crippen LogP contribution in [0.4, 0.5) is 0 Å². The number of aldehydes is 1. The van der Waals surface area contributed by atoms with Gasteiger partial charge in [-0.2, -0.15) is 0 Å². The molecule has 2 rings (SSSR count). The van der Waals surface area contributed by atoms with Crippen LogP contribution in [0.25, 0.3) is 0 Å². The molecule has 0 N–H and O–H groups in total. The van der Waals surface area contributed by atoms with Crippen LogP contribution in [0.2, 0.25) is 0 Å². The van der Waals surface area contributed by atoms with Crippen molar-refractivity contribution in [2.45, 2.75) is 25.7 Å². The molecule has 1 atom stereocenters. The van der Waals surface area contributed by atoms with Crippen LogP contribution < -0.4 is 4.74 Å². The molecule has 1 aliphatic heterocycles. The molecule has 1 aliphatic rings. The lowest BCUT2D eigenvalue weighted by Crippen LogP contribution is -1.94. The van der Waals surface area contributed by atoms with Gasteiger partial charge in [0.2, 0.25) is 0 Å². The summed E-state index contributed by atoms with van der Waals surface area (Å²) in [6, 6.07) is 6.23. The zero-order chi connectivity index (χ0) is 9.97. The fourth-order valence-electron chi connectivity index (χ4n) is 1.79. The van der Waals surface area contributed by atoms with E-state index in [0.717, 1.165) is 25.1 Å². The molecule has 0 saturated heterocycles. The molecule has 2 heteroatoms. The second kappa shape index (κ2) is 3.82. The van der Waals surface area contributed by atoms with Gasteiger partial charge in [-0.05, 0) is 23.1 Å². The van der Waals surface area contributed by atoms with Gasteiger partial charge >= 0.3 is 0 Å². The first-order chi connectivity index (χ1) is 6.81. The smallest absolute Gasteiger partial charge is 0.122 e. The highest BCUT2D eigenvalue weighted by atomic mass is 16.5. The van der Waals surface area contributed by atoms with E-state index >= 15 is 0 Å². The maximum Gasteiger partial charge on any atom is 0.122 e. The van der Waals surface area contributed by atoms with E-state index in [9.17, 15) is 4.79 Å². The van der Waals surface area contributed by atoms with E-state index in [1.165, 1.54) is 11.1 Å². The van der Waals surface area contributed by atoms with Crippen molar-refractivity contribution >= 4 is 6.29 Å². The average molecular weight is 190 g/mol. The summed E-state index contributed by atoms with van der Waals surface area (Å²) in [5.74, 6) is 1.32. The van der Waals surface area contributed by atoms with Gasteiger partial charge in [0, 0.05) is 12.8 Å². The van der Waals surface area contributed by atoms with Crippen LogP contribution in [-0.2, 0) is 11.2 Å². The molecule has 74 valence electrons. The van der Waals surface area contributed by atoms with Gasteiger partial charge in [-0.3, -0.25) is 0 Å². The van der Waals surface area contributed by atoms with Gasteiger partial charge in [-0.1, -0.05) is 19.1 Å². The van der Waals surface area contributed by atoms with Gasteiger partial charge in [0.05, 0.1) is 6.61 Å². The number of fused-ring (bicyclic) bond motifs is 1. The van der Waals surface area contributed by atoms with Gasteiger partial charge in [0.15, 0.2) is 0 Å². The number of carbonyl (C=O) groups is 1. The van der Waals surface area contributed by atoms with Crippen LogP contribution in [0.15, 0.2) is 18.2 Å². The number of carbonyl (C=O) groups excluding carboxylic acids is 1. The summed E-state index contributed by atoms with van der Waals surface area (Å²) in [6.07, 6.45) is 2.57. The zero-order valence-electron chi connectivity index (χ0n) is 8.32. The Bertz CT molecular complexity index is 344. The van der Waals surface area contributed by atoms with Crippen LogP contribution in [0.1, 0.15) is 30.4 Å². The molecule has 0 spiro atoms. The van der Waals surface area contributed by atoms with E-state index < -0.39 is 0 Å². The Kier molecular flexibility index (Phi) is 2.53. The SMILES string of the molecule is CC(CC=O)c1ccc2c(c1)CCO2. The maximum atomic E-state index is 10.4. The van der Waals surface area contributed by atoms with Crippen LogP contribution >= 0.6 is 0 Å². The molecule has 0 aromatic heterocycles. The number of benzene rings is 1. The Labute approximate surface area is 83.9 Å². The predicted octanol–water partition coefficient (Wildman–Crippen LogP) is 2.31. The first kappa shape index (κ1) is 9.25. The molecule has 1 aromatic rings. The number of ether oxygens (including phenoxy) is 1. The van der Waals surface area contributed by atoms with Crippen molar-refractivity contribution in [1.82, 2.24) is 0 Å².